The highest BCUT2D eigenvalue weighted by molar-refractivity contribution is 5.26. The van der Waals surface area contributed by atoms with Crippen molar-refractivity contribution in [3.05, 3.63) is 35.8 Å². The fourth-order valence-electron chi connectivity index (χ4n) is 1.59. The summed E-state index contributed by atoms with van der Waals surface area (Å²) < 4.78 is 5.92. The quantitative estimate of drug-likeness (QED) is 0.751. The third-order valence-corrected chi connectivity index (χ3v) is 2.48. The molecule has 0 spiro atoms. The van der Waals surface area contributed by atoms with Crippen LogP contribution in [-0.4, -0.2) is 6.10 Å². The van der Waals surface area contributed by atoms with Crippen LogP contribution in [0.25, 0.3) is 0 Å². The summed E-state index contributed by atoms with van der Waals surface area (Å²) in [4.78, 5) is 0. The van der Waals surface area contributed by atoms with Gasteiger partial charge < -0.3 is 10.5 Å². The first-order valence-electron chi connectivity index (χ1n) is 5.75. The number of ether oxygens (including phenoxy) is 1. The largest absolute Gasteiger partial charge is 0.494 e. The van der Waals surface area contributed by atoms with Crippen molar-refractivity contribution in [2.24, 2.45) is 5.73 Å². The van der Waals surface area contributed by atoms with E-state index in [1.54, 1.807) is 0 Å². The summed E-state index contributed by atoms with van der Waals surface area (Å²) in [5.74, 6) is 1.02. The first kappa shape index (κ1) is 11.9. The first-order valence-corrected chi connectivity index (χ1v) is 5.75. The predicted octanol–water partition coefficient (Wildman–Crippen LogP) is 3.27. The molecule has 0 radical (unpaired) electrons. The summed E-state index contributed by atoms with van der Waals surface area (Å²) >= 11 is 0. The van der Waals surface area contributed by atoms with Gasteiger partial charge in [-0.05, 0) is 31.1 Å². The molecule has 0 saturated carbocycles. The molecule has 0 aliphatic heterocycles. The van der Waals surface area contributed by atoms with Crippen LogP contribution in [0.4, 0.5) is 0 Å². The van der Waals surface area contributed by atoms with Crippen molar-refractivity contribution in [2.45, 2.75) is 45.6 Å². The molecule has 0 amide bonds. The van der Waals surface area contributed by atoms with Crippen LogP contribution in [0, 0.1) is 0 Å². The smallest absolute Gasteiger partial charge is 0.100 e. The number of hydrogen-bond acceptors (Lipinski definition) is 2. The zero-order chi connectivity index (χ0) is 11.1. The van der Waals surface area contributed by atoms with E-state index in [4.69, 9.17) is 10.5 Å². The third kappa shape index (κ3) is 4.24. The van der Waals surface area contributed by atoms with Crippen LogP contribution in [0.5, 0.6) is 0 Å². The summed E-state index contributed by atoms with van der Waals surface area (Å²) in [6.07, 6.45) is 12.4. The second-order valence-electron chi connectivity index (χ2n) is 3.84. The van der Waals surface area contributed by atoms with Gasteiger partial charge in [-0.3, -0.25) is 0 Å². The van der Waals surface area contributed by atoms with Gasteiger partial charge in [-0.1, -0.05) is 26.3 Å². The van der Waals surface area contributed by atoms with E-state index in [-0.39, 0.29) is 0 Å². The van der Waals surface area contributed by atoms with Crippen molar-refractivity contribution in [2.75, 3.05) is 0 Å². The Bertz CT molecular complexity index is 276. The van der Waals surface area contributed by atoms with Crippen molar-refractivity contribution in [1.82, 2.24) is 0 Å². The summed E-state index contributed by atoms with van der Waals surface area (Å²) in [5, 5.41) is 0. The highest BCUT2D eigenvalue weighted by Crippen LogP contribution is 2.16. The minimum absolute atomic E-state index is 0.349. The standard InChI is InChI=1S/C13H21NO/c1-3-6-12(4-2)15-13-8-5-7-11(14)9-10-13/h5,7,9-10,12H,3-4,6,8,14H2,1-2H3. The van der Waals surface area contributed by atoms with Crippen LogP contribution in [0.1, 0.15) is 39.5 Å². The van der Waals surface area contributed by atoms with Crippen molar-refractivity contribution in [3.8, 4) is 0 Å². The van der Waals surface area contributed by atoms with E-state index in [0.29, 0.717) is 6.10 Å². The van der Waals surface area contributed by atoms with Crippen LogP contribution < -0.4 is 5.73 Å². The van der Waals surface area contributed by atoms with Gasteiger partial charge in [0.2, 0.25) is 0 Å². The van der Waals surface area contributed by atoms with Gasteiger partial charge in [0.25, 0.3) is 0 Å². The van der Waals surface area contributed by atoms with Gasteiger partial charge in [-0.25, -0.2) is 0 Å². The van der Waals surface area contributed by atoms with Gasteiger partial charge in [0, 0.05) is 12.1 Å². The Labute approximate surface area is 92.5 Å². The van der Waals surface area contributed by atoms with Gasteiger partial charge >= 0.3 is 0 Å². The van der Waals surface area contributed by atoms with Crippen molar-refractivity contribution in [1.29, 1.82) is 0 Å². The van der Waals surface area contributed by atoms with Crippen molar-refractivity contribution < 1.29 is 4.74 Å². The Morgan fingerprint density at radius 1 is 1.40 bits per heavy atom. The molecular weight excluding hydrogens is 186 g/mol. The fourth-order valence-corrected chi connectivity index (χ4v) is 1.59. The van der Waals surface area contributed by atoms with E-state index in [9.17, 15) is 0 Å². The van der Waals surface area contributed by atoms with Gasteiger partial charge in [-0.2, -0.15) is 0 Å². The maximum atomic E-state index is 5.92. The van der Waals surface area contributed by atoms with E-state index in [1.807, 2.05) is 24.3 Å². The maximum Gasteiger partial charge on any atom is 0.100 e. The van der Waals surface area contributed by atoms with E-state index in [0.717, 1.165) is 30.7 Å². The van der Waals surface area contributed by atoms with Crippen molar-refractivity contribution >= 4 is 0 Å². The molecule has 2 heteroatoms. The molecule has 0 fully saturated rings. The predicted molar refractivity (Wildman–Crippen MR) is 64.2 cm³/mol. The summed E-state index contributed by atoms with van der Waals surface area (Å²) in [6.45, 7) is 4.35. The number of allylic oxidation sites excluding steroid dienone is 4. The summed E-state index contributed by atoms with van der Waals surface area (Å²) in [5.41, 5.74) is 6.48. The Balaban J connectivity index is 2.53. The van der Waals surface area contributed by atoms with Gasteiger partial charge in [0.15, 0.2) is 0 Å². The van der Waals surface area contributed by atoms with E-state index in [2.05, 4.69) is 13.8 Å². The lowest BCUT2D eigenvalue weighted by Gasteiger charge is -2.18. The molecule has 1 rings (SSSR count). The minimum Gasteiger partial charge on any atom is -0.494 e. The Kier molecular flexibility index (Phi) is 5.02. The fraction of sp³-hybridized carbons (Fsp3) is 0.538. The molecule has 2 N–H and O–H groups in total. The lowest BCUT2D eigenvalue weighted by molar-refractivity contribution is 0.101. The molecule has 15 heavy (non-hydrogen) atoms. The Hall–Kier alpha value is -1.18. The van der Waals surface area contributed by atoms with E-state index >= 15 is 0 Å². The topological polar surface area (TPSA) is 35.2 Å². The Morgan fingerprint density at radius 3 is 2.87 bits per heavy atom. The van der Waals surface area contributed by atoms with E-state index < -0.39 is 0 Å². The molecule has 1 atom stereocenters. The van der Waals surface area contributed by atoms with E-state index in [1.165, 1.54) is 6.42 Å². The lowest BCUT2D eigenvalue weighted by atomic mass is 10.1. The first-order chi connectivity index (χ1) is 7.26. The van der Waals surface area contributed by atoms with Crippen LogP contribution in [0.3, 0.4) is 0 Å². The second-order valence-corrected chi connectivity index (χ2v) is 3.84. The van der Waals surface area contributed by atoms with Gasteiger partial charge in [-0.15, -0.1) is 0 Å². The average Bonchev–Trinajstić information content (AvgIpc) is 2.43. The molecule has 0 aromatic rings. The van der Waals surface area contributed by atoms with Crippen LogP contribution in [0.2, 0.25) is 0 Å². The molecule has 0 aromatic carbocycles. The SMILES string of the molecule is CCCC(CC)OC1=CC=C(N)C=CC1. The molecule has 84 valence electrons. The highest BCUT2D eigenvalue weighted by atomic mass is 16.5. The normalized spacial score (nSPS) is 17.7. The Morgan fingerprint density at radius 2 is 2.20 bits per heavy atom. The second kappa shape index (κ2) is 6.33. The number of hydrogen-bond donors (Lipinski definition) is 1. The summed E-state index contributed by atoms with van der Waals surface area (Å²) in [6, 6.07) is 0. The maximum absolute atomic E-state index is 5.92. The van der Waals surface area contributed by atoms with Crippen LogP contribution >= 0.6 is 0 Å². The molecule has 0 aromatic heterocycles. The molecule has 1 aliphatic carbocycles. The molecule has 1 unspecified atom stereocenters. The monoisotopic (exact) mass is 207 g/mol. The lowest BCUT2D eigenvalue weighted by Crippen LogP contribution is -2.10. The molecule has 0 saturated heterocycles. The number of nitrogens with two attached hydrogens (primary N) is 1. The van der Waals surface area contributed by atoms with Crippen LogP contribution in [0.15, 0.2) is 35.8 Å². The zero-order valence-electron chi connectivity index (χ0n) is 9.70. The van der Waals surface area contributed by atoms with Gasteiger partial charge in [0.1, 0.15) is 5.76 Å². The average molecular weight is 207 g/mol. The molecule has 2 nitrogen and oxygen atoms in total. The highest BCUT2D eigenvalue weighted by Gasteiger charge is 2.08. The molecule has 0 heterocycles. The molecule has 1 aliphatic rings. The van der Waals surface area contributed by atoms with Crippen LogP contribution in [-0.2, 0) is 4.74 Å². The summed E-state index contributed by atoms with van der Waals surface area (Å²) in [7, 11) is 0. The third-order valence-electron chi connectivity index (χ3n) is 2.48. The molecule has 0 bridgehead atoms. The molecular formula is C13H21NO. The number of rotatable bonds is 5. The zero-order valence-corrected chi connectivity index (χ0v) is 9.70. The van der Waals surface area contributed by atoms with Crippen molar-refractivity contribution in [3.63, 3.8) is 0 Å². The van der Waals surface area contributed by atoms with Gasteiger partial charge in [0.05, 0.1) is 6.10 Å². The minimum atomic E-state index is 0.349.